The molecule has 0 bridgehead atoms. The summed E-state index contributed by atoms with van der Waals surface area (Å²) in [6.07, 6.45) is -0.390. The third-order valence-corrected chi connectivity index (χ3v) is 4.82. The molecule has 3 N–H and O–H groups in total. The highest BCUT2D eigenvalue weighted by atomic mass is 35.5. The monoisotopic (exact) mass is 414 g/mol. The molecule has 2 heterocycles. The van der Waals surface area contributed by atoms with Crippen molar-refractivity contribution >= 4 is 35.7 Å². The van der Waals surface area contributed by atoms with Crippen LogP contribution in [0.1, 0.15) is 11.1 Å². The summed E-state index contributed by atoms with van der Waals surface area (Å²) in [7, 11) is 0. The molecule has 0 aliphatic carbocycles. The lowest BCUT2D eigenvalue weighted by molar-refractivity contribution is 0.0671. The van der Waals surface area contributed by atoms with Crippen molar-refractivity contribution in [3.8, 4) is 0 Å². The normalized spacial score (nSPS) is 19.2. The van der Waals surface area contributed by atoms with Crippen LogP contribution in [0.4, 0.5) is 11.4 Å². The fourth-order valence-electron chi connectivity index (χ4n) is 3.48. The fourth-order valence-corrected chi connectivity index (χ4v) is 3.48. The van der Waals surface area contributed by atoms with Gasteiger partial charge in [-0.3, -0.25) is 4.90 Å². The predicted octanol–water partition coefficient (Wildman–Crippen LogP) is 2.94. The lowest BCUT2D eigenvalue weighted by Gasteiger charge is -2.41. The zero-order chi connectivity index (χ0) is 19.5. The highest BCUT2D eigenvalue weighted by molar-refractivity contribution is 6.06. The Kier molecular flexibility index (Phi) is 6.61. The van der Waals surface area contributed by atoms with Crippen LogP contribution in [0.2, 0.25) is 0 Å². The smallest absolute Gasteiger partial charge is 0.222 e. The largest absolute Gasteiger partial charge is 0.378 e. The first-order valence-electron chi connectivity index (χ1n) is 9.54. The van der Waals surface area contributed by atoms with Crippen molar-refractivity contribution in [3.05, 3.63) is 59.7 Å². The number of anilines is 2. The SMILES string of the molecule is Cc1cccc(NC2N=C(N)N=C(N3CCOCC3)N2c2cccc(C)c2)c1.Cl. The van der Waals surface area contributed by atoms with Gasteiger partial charge in [0.1, 0.15) is 0 Å². The summed E-state index contributed by atoms with van der Waals surface area (Å²) >= 11 is 0. The number of nitrogens with two attached hydrogens (primary N) is 1. The van der Waals surface area contributed by atoms with E-state index >= 15 is 0 Å². The van der Waals surface area contributed by atoms with Crippen LogP contribution >= 0.6 is 12.4 Å². The second-order valence-electron chi connectivity index (χ2n) is 7.10. The number of aliphatic imine (C=N–C) groups is 2. The van der Waals surface area contributed by atoms with Gasteiger partial charge in [0, 0.05) is 24.5 Å². The van der Waals surface area contributed by atoms with Gasteiger partial charge in [-0.25, -0.2) is 4.99 Å². The van der Waals surface area contributed by atoms with Gasteiger partial charge in [0.05, 0.1) is 13.2 Å². The van der Waals surface area contributed by atoms with E-state index in [0.29, 0.717) is 13.2 Å². The first kappa shape index (κ1) is 21.0. The lowest BCUT2D eigenvalue weighted by atomic mass is 10.2. The molecule has 8 heteroatoms. The Labute approximate surface area is 177 Å². The third kappa shape index (κ3) is 4.81. The van der Waals surface area contributed by atoms with Crippen LogP contribution in [0.15, 0.2) is 58.5 Å². The van der Waals surface area contributed by atoms with Crippen molar-refractivity contribution in [1.29, 1.82) is 0 Å². The molecule has 2 aromatic rings. The summed E-state index contributed by atoms with van der Waals surface area (Å²) in [4.78, 5) is 13.5. The standard InChI is InChI=1S/C21H26N6O.ClH/c1-15-5-3-7-17(13-15)23-20-24-19(22)25-21(26-9-11-28-12-10-26)27(20)18-8-4-6-16(2)14-18;/h3-8,13-14,20,23H,9-12H2,1-2H3,(H2,22,24);1H. The van der Waals surface area contributed by atoms with Crippen LogP contribution in [0, 0.1) is 13.8 Å². The third-order valence-electron chi connectivity index (χ3n) is 4.82. The van der Waals surface area contributed by atoms with Crippen LogP contribution in [-0.2, 0) is 4.74 Å². The summed E-state index contributed by atoms with van der Waals surface area (Å²) < 4.78 is 5.52. The van der Waals surface area contributed by atoms with E-state index in [9.17, 15) is 0 Å². The molecule has 2 aliphatic rings. The summed E-state index contributed by atoms with van der Waals surface area (Å²) in [5.41, 5.74) is 10.5. The number of hydrogen-bond donors (Lipinski definition) is 2. The number of aryl methyl sites for hydroxylation is 2. The van der Waals surface area contributed by atoms with Crippen LogP contribution < -0.4 is 16.0 Å². The first-order valence-corrected chi connectivity index (χ1v) is 9.54. The maximum Gasteiger partial charge on any atom is 0.222 e. The predicted molar refractivity (Wildman–Crippen MR) is 121 cm³/mol. The molecular formula is C21H27ClN6O. The molecule has 0 aromatic heterocycles. The molecule has 29 heavy (non-hydrogen) atoms. The van der Waals surface area contributed by atoms with Crippen molar-refractivity contribution in [1.82, 2.24) is 4.90 Å². The Hall–Kier alpha value is -2.77. The molecule has 0 saturated carbocycles. The van der Waals surface area contributed by atoms with Gasteiger partial charge in [0.2, 0.25) is 18.2 Å². The van der Waals surface area contributed by atoms with Gasteiger partial charge >= 0.3 is 0 Å². The molecule has 0 spiro atoms. The summed E-state index contributed by atoms with van der Waals surface area (Å²) in [6, 6.07) is 16.6. The van der Waals surface area contributed by atoms with Crippen molar-refractivity contribution in [2.75, 3.05) is 36.5 Å². The number of rotatable bonds is 3. The molecule has 2 aromatic carbocycles. The molecule has 1 fully saturated rings. The maximum atomic E-state index is 6.11. The van der Waals surface area contributed by atoms with E-state index in [1.54, 1.807) is 0 Å². The summed E-state index contributed by atoms with van der Waals surface area (Å²) in [5.74, 6) is 1.07. The van der Waals surface area contributed by atoms with Gasteiger partial charge in [-0.05, 0) is 49.2 Å². The quantitative estimate of drug-likeness (QED) is 0.807. The molecule has 1 atom stereocenters. The topological polar surface area (TPSA) is 78.5 Å². The minimum Gasteiger partial charge on any atom is -0.378 e. The van der Waals surface area contributed by atoms with Crippen LogP contribution in [0.5, 0.6) is 0 Å². The zero-order valence-electron chi connectivity index (χ0n) is 16.7. The van der Waals surface area contributed by atoms with E-state index < -0.39 is 0 Å². The van der Waals surface area contributed by atoms with Gasteiger partial charge in [0.25, 0.3) is 0 Å². The number of ether oxygens (including phenoxy) is 1. The lowest BCUT2D eigenvalue weighted by Crippen LogP contribution is -2.57. The Balaban J connectivity index is 0.00000240. The molecule has 1 saturated heterocycles. The van der Waals surface area contributed by atoms with E-state index in [1.807, 2.05) is 18.2 Å². The average Bonchev–Trinajstić information content (AvgIpc) is 2.68. The molecule has 0 radical (unpaired) electrons. The Bertz CT molecular complexity index is 910. The Morgan fingerprint density at radius 2 is 1.72 bits per heavy atom. The van der Waals surface area contributed by atoms with Gasteiger partial charge in [0.15, 0.2) is 0 Å². The van der Waals surface area contributed by atoms with Crippen LogP contribution in [0.25, 0.3) is 0 Å². The van der Waals surface area contributed by atoms with Gasteiger partial charge in [-0.15, -0.1) is 12.4 Å². The average molecular weight is 415 g/mol. The number of nitrogens with zero attached hydrogens (tertiary/aromatic N) is 4. The molecule has 2 aliphatic heterocycles. The van der Waals surface area contributed by atoms with Crippen LogP contribution in [-0.4, -0.2) is 49.4 Å². The van der Waals surface area contributed by atoms with E-state index in [2.05, 4.69) is 69.3 Å². The van der Waals surface area contributed by atoms with Crippen molar-refractivity contribution in [3.63, 3.8) is 0 Å². The highest BCUT2D eigenvalue weighted by Crippen LogP contribution is 2.25. The van der Waals surface area contributed by atoms with E-state index in [-0.39, 0.29) is 24.7 Å². The zero-order valence-corrected chi connectivity index (χ0v) is 17.5. The Morgan fingerprint density at radius 3 is 2.41 bits per heavy atom. The van der Waals surface area contributed by atoms with Crippen molar-refractivity contribution < 1.29 is 4.74 Å². The number of morpholine rings is 1. The van der Waals surface area contributed by atoms with Gasteiger partial charge < -0.3 is 20.7 Å². The van der Waals surface area contributed by atoms with Crippen LogP contribution in [0.3, 0.4) is 0 Å². The molecule has 154 valence electrons. The Morgan fingerprint density at radius 1 is 1.03 bits per heavy atom. The second-order valence-corrected chi connectivity index (χ2v) is 7.10. The number of guanidine groups is 2. The van der Waals surface area contributed by atoms with Gasteiger partial charge in [-0.2, -0.15) is 4.99 Å². The number of benzene rings is 2. The van der Waals surface area contributed by atoms with Crippen molar-refractivity contribution in [2.45, 2.75) is 20.1 Å². The molecule has 1 unspecified atom stereocenters. The number of hydrogen-bond acceptors (Lipinski definition) is 7. The van der Waals surface area contributed by atoms with Crippen molar-refractivity contribution in [2.24, 2.45) is 15.7 Å². The van der Waals surface area contributed by atoms with E-state index in [4.69, 9.17) is 10.5 Å². The van der Waals surface area contributed by atoms with Gasteiger partial charge in [-0.1, -0.05) is 24.3 Å². The van der Waals surface area contributed by atoms with E-state index in [1.165, 1.54) is 11.1 Å². The molecule has 0 amide bonds. The van der Waals surface area contributed by atoms with E-state index in [0.717, 1.165) is 30.4 Å². The highest BCUT2D eigenvalue weighted by Gasteiger charge is 2.32. The molecular weight excluding hydrogens is 388 g/mol. The fraction of sp³-hybridized carbons (Fsp3) is 0.333. The maximum absolute atomic E-state index is 6.11. The molecule has 4 rings (SSSR count). The minimum atomic E-state index is -0.390. The summed E-state index contributed by atoms with van der Waals surface area (Å²) in [6.45, 7) is 7.04. The molecule has 7 nitrogen and oxygen atoms in total. The second kappa shape index (κ2) is 9.15. The summed E-state index contributed by atoms with van der Waals surface area (Å²) in [5, 5.41) is 3.51. The number of nitrogens with one attached hydrogen (secondary N) is 1. The minimum absolute atomic E-state index is 0. The number of halogens is 1. The first-order chi connectivity index (χ1) is 13.6.